The van der Waals surface area contributed by atoms with Crippen LogP contribution in [0, 0.1) is 6.92 Å². The minimum absolute atomic E-state index is 0.990. The molecule has 0 aromatic carbocycles. The van der Waals surface area contributed by atoms with Crippen molar-refractivity contribution >= 4 is 11.3 Å². The normalized spacial score (nSPS) is 10.9. The number of nitrogens with zero attached hydrogens (tertiary/aromatic N) is 2. The molecule has 16 heavy (non-hydrogen) atoms. The number of hydrogen-bond acceptors (Lipinski definition) is 3. The summed E-state index contributed by atoms with van der Waals surface area (Å²) in [6.45, 7) is 3.15. The highest BCUT2D eigenvalue weighted by Crippen LogP contribution is 2.28. The molecule has 0 bridgehead atoms. The zero-order valence-electron chi connectivity index (χ0n) is 9.95. The Balaban J connectivity index is 2.35. The van der Waals surface area contributed by atoms with Crippen LogP contribution in [0.2, 0.25) is 0 Å². The fourth-order valence-electron chi connectivity index (χ4n) is 1.90. The van der Waals surface area contributed by atoms with Gasteiger partial charge in [0, 0.05) is 25.7 Å². The van der Waals surface area contributed by atoms with Gasteiger partial charge in [0.1, 0.15) is 5.69 Å². The van der Waals surface area contributed by atoms with Crippen LogP contribution in [0.15, 0.2) is 17.5 Å². The van der Waals surface area contributed by atoms with Gasteiger partial charge in [0.15, 0.2) is 0 Å². The number of hydrogen-bond donors (Lipinski definition) is 1. The first-order valence-corrected chi connectivity index (χ1v) is 6.33. The van der Waals surface area contributed by atoms with E-state index >= 15 is 0 Å². The largest absolute Gasteiger partial charge is 0.319 e. The molecule has 4 heteroatoms. The van der Waals surface area contributed by atoms with Gasteiger partial charge in [0.2, 0.25) is 0 Å². The van der Waals surface area contributed by atoms with Gasteiger partial charge in [-0.05, 0) is 31.0 Å². The van der Waals surface area contributed by atoms with Crippen molar-refractivity contribution in [2.24, 2.45) is 7.05 Å². The highest BCUT2D eigenvalue weighted by atomic mass is 32.1. The van der Waals surface area contributed by atoms with E-state index in [9.17, 15) is 0 Å². The second-order valence-corrected chi connectivity index (χ2v) is 4.82. The van der Waals surface area contributed by atoms with Crippen LogP contribution in [0.1, 0.15) is 11.3 Å². The molecule has 0 amide bonds. The van der Waals surface area contributed by atoms with Gasteiger partial charge in [-0.3, -0.25) is 4.68 Å². The number of nitrogens with one attached hydrogen (secondary N) is 1. The maximum absolute atomic E-state index is 4.60. The molecule has 0 aliphatic rings. The summed E-state index contributed by atoms with van der Waals surface area (Å²) in [5.74, 6) is 0. The fraction of sp³-hybridized carbons (Fsp3) is 0.417. The molecule has 1 N–H and O–H groups in total. The third kappa shape index (κ3) is 2.03. The summed E-state index contributed by atoms with van der Waals surface area (Å²) in [7, 11) is 4.00. The van der Waals surface area contributed by atoms with Crippen LogP contribution < -0.4 is 5.32 Å². The summed E-state index contributed by atoms with van der Waals surface area (Å²) in [5.41, 5.74) is 3.75. The summed E-state index contributed by atoms with van der Waals surface area (Å²) in [5, 5.41) is 9.87. The van der Waals surface area contributed by atoms with Gasteiger partial charge in [-0.15, -0.1) is 11.3 Å². The molecule has 86 valence electrons. The van der Waals surface area contributed by atoms with E-state index in [0.717, 1.165) is 18.7 Å². The Labute approximate surface area is 100 Å². The van der Waals surface area contributed by atoms with Crippen molar-refractivity contribution in [1.29, 1.82) is 0 Å². The monoisotopic (exact) mass is 235 g/mol. The molecule has 0 saturated heterocycles. The molecule has 0 aliphatic carbocycles. The number of aryl methyl sites for hydroxylation is 1. The van der Waals surface area contributed by atoms with Gasteiger partial charge in [-0.1, -0.05) is 6.07 Å². The third-order valence-corrected chi connectivity index (χ3v) is 3.67. The molecule has 0 radical (unpaired) electrons. The van der Waals surface area contributed by atoms with Gasteiger partial charge in [-0.2, -0.15) is 5.10 Å². The lowest BCUT2D eigenvalue weighted by molar-refractivity contribution is 0.680. The maximum atomic E-state index is 4.60. The van der Waals surface area contributed by atoms with Crippen LogP contribution in [0.5, 0.6) is 0 Å². The minimum Gasteiger partial charge on any atom is -0.319 e. The Morgan fingerprint density at radius 3 is 2.94 bits per heavy atom. The minimum atomic E-state index is 0.990. The standard InChI is InChI=1S/C12H17N3S/c1-9-10(6-7-13-2)15(3)14-12(9)11-5-4-8-16-11/h4-5,8,13H,6-7H2,1-3H3. The average Bonchev–Trinajstić information content (AvgIpc) is 2.86. The number of likely N-dealkylation sites (N-methyl/N-ethyl adjacent to an activating group) is 1. The summed E-state index contributed by atoms with van der Waals surface area (Å²) in [4.78, 5) is 1.25. The lowest BCUT2D eigenvalue weighted by Crippen LogP contribution is -2.13. The molecule has 2 heterocycles. The van der Waals surface area contributed by atoms with Gasteiger partial charge in [-0.25, -0.2) is 0 Å². The second-order valence-electron chi connectivity index (χ2n) is 3.87. The maximum Gasteiger partial charge on any atom is 0.105 e. The Bertz CT molecular complexity index is 457. The number of rotatable bonds is 4. The van der Waals surface area contributed by atoms with Gasteiger partial charge in [0.25, 0.3) is 0 Å². The van der Waals surface area contributed by atoms with Crippen LogP contribution in [-0.2, 0) is 13.5 Å². The van der Waals surface area contributed by atoms with Crippen LogP contribution in [-0.4, -0.2) is 23.4 Å². The molecular formula is C12H17N3S. The van der Waals surface area contributed by atoms with E-state index in [4.69, 9.17) is 0 Å². The number of aromatic nitrogens is 2. The first-order valence-electron chi connectivity index (χ1n) is 5.45. The van der Waals surface area contributed by atoms with Crippen molar-refractivity contribution < 1.29 is 0 Å². The van der Waals surface area contributed by atoms with Crippen molar-refractivity contribution in [1.82, 2.24) is 15.1 Å². The molecule has 2 rings (SSSR count). The number of thiophene rings is 1. The Hall–Kier alpha value is -1.13. The molecule has 0 spiro atoms. The van der Waals surface area contributed by atoms with Crippen molar-refractivity contribution in [2.45, 2.75) is 13.3 Å². The van der Waals surface area contributed by atoms with Crippen molar-refractivity contribution in [2.75, 3.05) is 13.6 Å². The Morgan fingerprint density at radius 1 is 1.50 bits per heavy atom. The average molecular weight is 235 g/mol. The predicted molar refractivity (Wildman–Crippen MR) is 68.9 cm³/mol. The smallest absolute Gasteiger partial charge is 0.105 e. The SMILES string of the molecule is CNCCc1c(C)c(-c2cccs2)nn1C. The van der Waals surface area contributed by atoms with E-state index in [-0.39, 0.29) is 0 Å². The molecule has 0 saturated carbocycles. The first kappa shape index (κ1) is 11.4. The zero-order chi connectivity index (χ0) is 11.5. The van der Waals surface area contributed by atoms with E-state index < -0.39 is 0 Å². The van der Waals surface area contributed by atoms with Crippen LogP contribution in [0.4, 0.5) is 0 Å². The highest BCUT2D eigenvalue weighted by Gasteiger charge is 2.13. The molecule has 0 unspecified atom stereocenters. The molecule has 0 aliphatic heterocycles. The van der Waals surface area contributed by atoms with Crippen LogP contribution in [0.25, 0.3) is 10.6 Å². The lowest BCUT2D eigenvalue weighted by atomic mass is 10.1. The Morgan fingerprint density at radius 2 is 2.31 bits per heavy atom. The molecule has 0 atom stereocenters. The third-order valence-electron chi connectivity index (χ3n) is 2.80. The Kier molecular flexibility index (Phi) is 3.41. The second kappa shape index (κ2) is 4.80. The summed E-state index contributed by atoms with van der Waals surface area (Å²) < 4.78 is 2.00. The lowest BCUT2D eigenvalue weighted by Gasteiger charge is -2.02. The van der Waals surface area contributed by atoms with E-state index in [0.29, 0.717) is 0 Å². The van der Waals surface area contributed by atoms with Crippen molar-refractivity contribution in [3.8, 4) is 10.6 Å². The highest BCUT2D eigenvalue weighted by molar-refractivity contribution is 7.13. The van der Waals surface area contributed by atoms with Gasteiger partial charge < -0.3 is 5.32 Å². The van der Waals surface area contributed by atoms with Crippen molar-refractivity contribution in [3.05, 3.63) is 28.8 Å². The summed E-state index contributed by atoms with van der Waals surface area (Å²) in [6.07, 6.45) is 1.03. The molecular weight excluding hydrogens is 218 g/mol. The molecule has 2 aromatic heterocycles. The topological polar surface area (TPSA) is 29.9 Å². The van der Waals surface area contributed by atoms with Gasteiger partial charge in [0.05, 0.1) is 4.88 Å². The van der Waals surface area contributed by atoms with E-state index in [1.807, 2.05) is 18.8 Å². The summed E-state index contributed by atoms with van der Waals surface area (Å²) in [6, 6.07) is 4.20. The summed E-state index contributed by atoms with van der Waals surface area (Å²) >= 11 is 1.74. The van der Waals surface area contributed by atoms with Crippen LogP contribution >= 0.6 is 11.3 Å². The predicted octanol–water partition coefficient (Wildman–Crippen LogP) is 2.22. The fourth-order valence-corrected chi connectivity index (χ4v) is 2.67. The molecule has 0 fully saturated rings. The zero-order valence-corrected chi connectivity index (χ0v) is 10.8. The van der Waals surface area contributed by atoms with Gasteiger partial charge >= 0.3 is 0 Å². The van der Waals surface area contributed by atoms with E-state index in [1.54, 1.807) is 11.3 Å². The molecule has 3 nitrogen and oxygen atoms in total. The van der Waals surface area contributed by atoms with E-state index in [2.05, 4.69) is 34.9 Å². The first-order chi connectivity index (χ1) is 7.74. The quantitative estimate of drug-likeness (QED) is 0.880. The van der Waals surface area contributed by atoms with Crippen molar-refractivity contribution in [3.63, 3.8) is 0 Å². The van der Waals surface area contributed by atoms with E-state index in [1.165, 1.54) is 16.1 Å². The molecule has 2 aromatic rings. The van der Waals surface area contributed by atoms with Crippen LogP contribution in [0.3, 0.4) is 0 Å².